The van der Waals surface area contributed by atoms with E-state index in [4.69, 9.17) is 25.8 Å². The molecule has 13 heteroatoms. The van der Waals surface area contributed by atoms with Gasteiger partial charge in [0, 0.05) is 37.2 Å². The zero-order valence-corrected chi connectivity index (χ0v) is 30.2. The molecule has 2 fully saturated rings. The average Bonchev–Trinajstić information content (AvgIpc) is 3.19. The average molecular weight is 734 g/mol. The normalized spacial score (nSPS) is 32.7. The van der Waals surface area contributed by atoms with Gasteiger partial charge in [-0.15, -0.1) is 0 Å². The number of ether oxygens (including phenoxy) is 3. The van der Waals surface area contributed by atoms with Crippen LogP contribution in [0.15, 0.2) is 53.4 Å². The first-order valence-corrected chi connectivity index (χ1v) is 19.5. The first-order valence-electron chi connectivity index (χ1n) is 17.6. The van der Waals surface area contributed by atoms with Gasteiger partial charge in [-0.25, -0.2) is 21.9 Å². The Balaban J connectivity index is 1.22. The highest BCUT2D eigenvalue weighted by Gasteiger charge is 2.45. The minimum absolute atomic E-state index is 0.00888. The second-order valence-corrected chi connectivity index (χ2v) is 17.0. The van der Waals surface area contributed by atoms with Gasteiger partial charge in [0.2, 0.25) is 0 Å². The number of sulfonamides is 1. The molecule has 5 aliphatic rings. The number of hydrogen-bond acceptors (Lipinski definition) is 8. The molecule has 0 unspecified atom stereocenters. The topological polar surface area (TPSA) is 97.4 Å². The number of rotatable bonds is 5. The van der Waals surface area contributed by atoms with E-state index in [1.54, 1.807) is 24.1 Å². The first-order chi connectivity index (χ1) is 23.9. The van der Waals surface area contributed by atoms with E-state index in [0.717, 1.165) is 32.1 Å². The number of methoxy groups -OCH3 is 1. The number of allylic oxidation sites excluding steroid dienone is 1. The summed E-state index contributed by atoms with van der Waals surface area (Å²) < 4.78 is 75.3. The largest absolute Gasteiger partial charge is 0.490 e. The second-order valence-electron chi connectivity index (χ2n) is 14.9. The number of aryl methyl sites for hydroxylation is 1. The van der Waals surface area contributed by atoms with Gasteiger partial charge in [0.25, 0.3) is 21.9 Å². The van der Waals surface area contributed by atoms with Crippen molar-refractivity contribution in [3.8, 4) is 5.75 Å². The fraction of sp³-hybridized carbons (Fsp3) is 0.595. The van der Waals surface area contributed by atoms with Crippen LogP contribution in [0.5, 0.6) is 5.75 Å². The Bertz CT molecular complexity index is 1740. The number of alkyl halides is 2. The fourth-order valence-electron chi connectivity index (χ4n) is 8.57. The molecular weight excluding hydrogens is 688 g/mol. The lowest BCUT2D eigenvalue weighted by Gasteiger charge is -2.46. The zero-order chi connectivity index (χ0) is 35.3. The summed E-state index contributed by atoms with van der Waals surface area (Å²) in [4.78, 5) is 17.5. The Kier molecular flexibility index (Phi) is 9.97. The Labute approximate surface area is 298 Å². The van der Waals surface area contributed by atoms with E-state index in [9.17, 15) is 22.0 Å². The molecule has 7 rings (SSSR count). The van der Waals surface area contributed by atoms with Crippen LogP contribution in [-0.4, -0.2) is 90.4 Å². The Morgan fingerprint density at radius 2 is 1.94 bits per heavy atom. The molecule has 50 heavy (non-hydrogen) atoms. The molecule has 0 aromatic heterocycles. The molecule has 1 spiro atoms. The molecule has 0 radical (unpaired) electrons. The van der Waals surface area contributed by atoms with Crippen LogP contribution in [0.4, 0.5) is 14.5 Å². The van der Waals surface area contributed by atoms with Crippen molar-refractivity contribution in [2.24, 2.45) is 17.8 Å². The molecule has 1 amide bonds. The third kappa shape index (κ3) is 7.15. The summed E-state index contributed by atoms with van der Waals surface area (Å²) in [5.41, 5.74) is 2.79. The smallest absolute Gasteiger partial charge is 0.272 e. The van der Waals surface area contributed by atoms with E-state index < -0.39 is 33.9 Å². The Hall–Kier alpha value is -2.77. The molecular formula is C37H46ClF2N3O6S. The van der Waals surface area contributed by atoms with Crippen LogP contribution < -0.4 is 14.4 Å². The summed E-state index contributed by atoms with van der Waals surface area (Å²) in [6.07, 6.45) is 8.09. The van der Waals surface area contributed by atoms with Gasteiger partial charge in [0.1, 0.15) is 11.9 Å². The fourth-order valence-corrected chi connectivity index (χ4v) is 9.78. The lowest BCUT2D eigenvalue weighted by molar-refractivity contribution is -0.145. The van der Waals surface area contributed by atoms with Crippen molar-refractivity contribution < 1.29 is 36.2 Å². The van der Waals surface area contributed by atoms with Crippen molar-refractivity contribution in [2.75, 3.05) is 57.9 Å². The quantitative estimate of drug-likeness (QED) is 0.398. The van der Waals surface area contributed by atoms with Crippen molar-refractivity contribution in [1.29, 1.82) is 0 Å². The van der Waals surface area contributed by atoms with Crippen molar-refractivity contribution in [2.45, 2.75) is 73.9 Å². The standard InChI is InChI=1S/C37H46ClF2N3O6S/c1-24-5-3-7-32(47-2)29-11-8-26(29)19-43-20-36(14-4-6-25-17-27(38)9-12-30(25)36)23-49-33-13-10-28(18-31(33)43)50(45,46)41-35(44)34(24)48-16-15-42-21-37(39,40)22-42/h3,7,9-10,12-13,17-18,24,26,29,32,34H,4-6,8,11,14-16,19-23H2,1-2H3,(H,41,44)/b7-3-/t24-,26-,29+,32-,34+,36-/m0/s1. The maximum atomic E-state index is 13.9. The number of fused-ring (bicyclic) bond motifs is 4. The third-order valence-electron chi connectivity index (χ3n) is 11.4. The minimum Gasteiger partial charge on any atom is -0.490 e. The number of benzene rings is 2. The van der Waals surface area contributed by atoms with Crippen LogP contribution in [0.1, 0.15) is 50.2 Å². The number of nitrogens with one attached hydrogen (secondary N) is 1. The molecule has 1 N–H and O–H groups in total. The minimum atomic E-state index is -4.31. The van der Waals surface area contributed by atoms with Crippen LogP contribution in [0.2, 0.25) is 5.02 Å². The van der Waals surface area contributed by atoms with Gasteiger partial charge in [-0.05, 0) is 97.7 Å². The van der Waals surface area contributed by atoms with Gasteiger partial charge in [-0.2, -0.15) is 0 Å². The van der Waals surface area contributed by atoms with Gasteiger partial charge < -0.3 is 19.1 Å². The molecule has 2 aliphatic carbocycles. The molecule has 3 aliphatic heterocycles. The number of hydrogen-bond donors (Lipinski definition) is 1. The molecule has 2 aromatic carbocycles. The van der Waals surface area contributed by atoms with Crippen LogP contribution in [0, 0.1) is 17.8 Å². The van der Waals surface area contributed by atoms with Gasteiger partial charge in [0.15, 0.2) is 0 Å². The Morgan fingerprint density at radius 3 is 2.68 bits per heavy atom. The summed E-state index contributed by atoms with van der Waals surface area (Å²) >= 11 is 6.42. The molecule has 6 atom stereocenters. The maximum absolute atomic E-state index is 13.9. The van der Waals surface area contributed by atoms with Crippen LogP contribution in [0.25, 0.3) is 0 Å². The summed E-state index contributed by atoms with van der Waals surface area (Å²) in [5, 5.41) is 0.708. The molecule has 272 valence electrons. The zero-order valence-electron chi connectivity index (χ0n) is 28.6. The molecule has 1 saturated carbocycles. The highest BCUT2D eigenvalue weighted by molar-refractivity contribution is 7.90. The highest BCUT2D eigenvalue weighted by atomic mass is 35.5. The van der Waals surface area contributed by atoms with Crippen molar-refractivity contribution in [3.05, 3.63) is 64.7 Å². The maximum Gasteiger partial charge on any atom is 0.272 e. The van der Waals surface area contributed by atoms with Gasteiger partial charge in [0.05, 0.1) is 43.0 Å². The molecule has 1 saturated heterocycles. The number of carbonyl (C=O) groups is 1. The van der Waals surface area contributed by atoms with Gasteiger partial charge >= 0.3 is 0 Å². The van der Waals surface area contributed by atoms with Crippen molar-refractivity contribution >= 4 is 33.2 Å². The predicted molar refractivity (Wildman–Crippen MR) is 187 cm³/mol. The van der Waals surface area contributed by atoms with E-state index in [2.05, 4.69) is 21.8 Å². The summed E-state index contributed by atoms with van der Waals surface area (Å²) in [5.74, 6) is -2.75. The molecule has 2 bridgehead atoms. The third-order valence-corrected chi connectivity index (χ3v) is 13.0. The highest BCUT2D eigenvalue weighted by Crippen LogP contribution is 2.47. The van der Waals surface area contributed by atoms with E-state index in [-0.39, 0.29) is 48.6 Å². The monoisotopic (exact) mass is 733 g/mol. The number of halogens is 3. The number of amides is 1. The SMILES string of the molecule is CO[C@H]1/C=C\C[C@H](C)[C@@H](OCCN2CC(F)(F)C2)C(=O)NS(=O)(=O)c2ccc3c(c2)N(C[C@@H]2CC[C@H]21)C[C@@]1(CCCc2cc(Cl)ccc21)CO3. The van der Waals surface area contributed by atoms with E-state index in [0.29, 0.717) is 48.5 Å². The number of anilines is 1. The van der Waals surface area contributed by atoms with Gasteiger partial charge in [-0.3, -0.25) is 9.69 Å². The van der Waals surface area contributed by atoms with Crippen LogP contribution in [0.3, 0.4) is 0 Å². The molecule has 9 nitrogen and oxygen atoms in total. The van der Waals surface area contributed by atoms with Crippen molar-refractivity contribution in [3.63, 3.8) is 0 Å². The second kappa shape index (κ2) is 14.0. The summed E-state index contributed by atoms with van der Waals surface area (Å²) in [6, 6.07) is 10.9. The van der Waals surface area contributed by atoms with E-state index in [1.165, 1.54) is 17.2 Å². The first kappa shape index (κ1) is 35.6. The van der Waals surface area contributed by atoms with Crippen molar-refractivity contribution in [1.82, 2.24) is 9.62 Å². The van der Waals surface area contributed by atoms with E-state index >= 15 is 0 Å². The number of likely N-dealkylation sites (tertiary alicyclic amines) is 1. The lowest BCUT2D eigenvalue weighted by Crippen LogP contribution is -2.57. The number of carbonyl (C=O) groups excluding carboxylic acids is 1. The van der Waals surface area contributed by atoms with Crippen LogP contribution in [-0.2, 0) is 36.1 Å². The van der Waals surface area contributed by atoms with E-state index in [1.807, 2.05) is 25.1 Å². The molecule has 3 heterocycles. The summed E-state index contributed by atoms with van der Waals surface area (Å²) in [7, 11) is -2.59. The Morgan fingerprint density at radius 1 is 1.12 bits per heavy atom. The number of nitrogens with zero attached hydrogens (tertiary/aromatic N) is 2. The molecule has 2 aromatic rings. The summed E-state index contributed by atoms with van der Waals surface area (Å²) in [6.45, 7) is 3.10. The van der Waals surface area contributed by atoms with Gasteiger partial charge in [-0.1, -0.05) is 36.7 Å². The lowest BCUT2D eigenvalue weighted by atomic mass is 9.68. The van der Waals surface area contributed by atoms with Crippen LogP contribution >= 0.6 is 11.6 Å². The predicted octanol–water partition coefficient (Wildman–Crippen LogP) is 5.59.